The predicted octanol–water partition coefficient (Wildman–Crippen LogP) is 2.72. The standard InChI is InChI=1S/C10H20IN3/c1-7(11)8(2)14(10(4,5)6)13-9(3)12/h7H,2H2,1,3-6H3,(H2,12,13). The first kappa shape index (κ1) is 13.7. The number of hydrogen-bond acceptors (Lipinski definition) is 2. The topological polar surface area (TPSA) is 41.6 Å². The number of halogens is 1. The molecular weight excluding hydrogens is 289 g/mol. The molecule has 0 amide bonds. The van der Waals surface area contributed by atoms with Gasteiger partial charge in [-0.3, -0.25) is 5.01 Å². The molecule has 0 spiro atoms. The average molecular weight is 309 g/mol. The molecule has 0 aliphatic heterocycles. The monoisotopic (exact) mass is 309 g/mol. The van der Waals surface area contributed by atoms with Crippen molar-refractivity contribution in [3.8, 4) is 0 Å². The molecule has 0 aromatic carbocycles. The highest BCUT2D eigenvalue weighted by Crippen LogP contribution is 2.24. The molecule has 0 saturated heterocycles. The van der Waals surface area contributed by atoms with Crippen molar-refractivity contribution in [1.82, 2.24) is 5.01 Å². The Hall–Kier alpha value is -0.260. The highest BCUT2D eigenvalue weighted by molar-refractivity contribution is 14.1. The molecule has 1 unspecified atom stereocenters. The van der Waals surface area contributed by atoms with Crippen molar-refractivity contribution in [3.05, 3.63) is 12.3 Å². The molecule has 0 aromatic heterocycles. The number of allylic oxidation sites excluding steroid dienone is 1. The fraction of sp³-hybridized carbons (Fsp3) is 0.700. The molecule has 0 aromatic rings. The molecule has 0 fully saturated rings. The summed E-state index contributed by atoms with van der Waals surface area (Å²) in [6.45, 7) is 14.2. The molecule has 3 nitrogen and oxygen atoms in total. The molecule has 0 rings (SSSR count). The van der Waals surface area contributed by atoms with E-state index in [-0.39, 0.29) is 5.54 Å². The van der Waals surface area contributed by atoms with Gasteiger partial charge in [0.1, 0.15) is 5.84 Å². The summed E-state index contributed by atoms with van der Waals surface area (Å²) in [5.41, 5.74) is 6.48. The van der Waals surface area contributed by atoms with E-state index in [0.717, 1.165) is 5.70 Å². The lowest BCUT2D eigenvalue weighted by Gasteiger charge is -2.35. The van der Waals surface area contributed by atoms with Gasteiger partial charge in [0.2, 0.25) is 0 Å². The maximum absolute atomic E-state index is 5.59. The first-order valence-corrected chi connectivity index (χ1v) is 5.84. The third-order valence-corrected chi connectivity index (χ3v) is 2.34. The van der Waals surface area contributed by atoms with Crippen molar-refractivity contribution in [3.63, 3.8) is 0 Å². The van der Waals surface area contributed by atoms with Gasteiger partial charge >= 0.3 is 0 Å². The minimum atomic E-state index is -0.0862. The summed E-state index contributed by atoms with van der Waals surface area (Å²) >= 11 is 2.32. The molecule has 0 aliphatic rings. The highest BCUT2D eigenvalue weighted by atomic mass is 127. The van der Waals surface area contributed by atoms with Gasteiger partial charge < -0.3 is 5.73 Å². The van der Waals surface area contributed by atoms with E-state index in [2.05, 4.69) is 62.0 Å². The third-order valence-electron chi connectivity index (χ3n) is 1.62. The van der Waals surface area contributed by atoms with Crippen molar-refractivity contribution in [1.29, 1.82) is 0 Å². The summed E-state index contributed by atoms with van der Waals surface area (Å²) in [6, 6.07) is 0. The van der Waals surface area contributed by atoms with Gasteiger partial charge in [-0.05, 0) is 34.6 Å². The minimum absolute atomic E-state index is 0.0862. The van der Waals surface area contributed by atoms with E-state index in [0.29, 0.717) is 9.76 Å². The molecule has 2 N–H and O–H groups in total. The number of alkyl halides is 1. The summed E-state index contributed by atoms with van der Waals surface area (Å²) in [4.78, 5) is 0. The van der Waals surface area contributed by atoms with E-state index in [4.69, 9.17) is 5.73 Å². The quantitative estimate of drug-likeness (QED) is 0.286. The van der Waals surface area contributed by atoms with Gasteiger partial charge in [0.15, 0.2) is 0 Å². The zero-order valence-electron chi connectivity index (χ0n) is 9.63. The van der Waals surface area contributed by atoms with Crippen LogP contribution in [0.1, 0.15) is 34.6 Å². The summed E-state index contributed by atoms with van der Waals surface area (Å²) in [5, 5.41) is 6.18. The number of hydrogen-bond donors (Lipinski definition) is 1. The van der Waals surface area contributed by atoms with Crippen LogP contribution < -0.4 is 5.73 Å². The minimum Gasteiger partial charge on any atom is -0.386 e. The van der Waals surface area contributed by atoms with Gasteiger partial charge in [0, 0.05) is 9.62 Å². The van der Waals surface area contributed by atoms with E-state index in [9.17, 15) is 0 Å². The molecule has 0 bridgehead atoms. The van der Waals surface area contributed by atoms with E-state index in [1.165, 1.54) is 0 Å². The summed E-state index contributed by atoms with van der Waals surface area (Å²) < 4.78 is 0.343. The van der Waals surface area contributed by atoms with Crippen LogP contribution in [0.5, 0.6) is 0 Å². The SMILES string of the molecule is C=C(C(C)I)N(/N=C(/C)N)C(C)(C)C. The van der Waals surface area contributed by atoms with Gasteiger partial charge in [-0.15, -0.1) is 0 Å². The van der Waals surface area contributed by atoms with Crippen LogP contribution in [0.3, 0.4) is 0 Å². The Morgan fingerprint density at radius 3 is 2.14 bits per heavy atom. The van der Waals surface area contributed by atoms with E-state index in [1.54, 1.807) is 6.92 Å². The summed E-state index contributed by atoms with van der Waals surface area (Å²) in [5.74, 6) is 0.554. The smallest absolute Gasteiger partial charge is 0.117 e. The Bertz CT molecular complexity index is 234. The van der Waals surface area contributed by atoms with Crippen LogP contribution in [-0.2, 0) is 0 Å². The third kappa shape index (κ3) is 4.30. The Morgan fingerprint density at radius 1 is 1.50 bits per heavy atom. The summed E-state index contributed by atoms with van der Waals surface area (Å²) in [7, 11) is 0. The Labute approximate surface area is 101 Å². The number of amidine groups is 1. The van der Waals surface area contributed by atoms with Crippen molar-refractivity contribution in [2.75, 3.05) is 0 Å². The fourth-order valence-corrected chi connectivity index (χ4v) is 1.24. The van der Waals surface area contributed by atoms with E-state index in [1.807, 2.05) is 5.01 Å². The van der Waals surface area contributed by atoms with Crippen molar-refractivity contribution in [2.45, 2.75) is 44.1 Å². The molecule has 1 atom stereocenters. The van der Waals surface area contributed by atoms with Crippen LogP contribution in [0.4, 0.5) is 0 Å². The fourth-order valence-electron chi connectivity index (χ4n) is 0.971. The number of hydrazone groups is 1. The zero-order chi connectivity index (χ0) is 11.5. The highest BCUT2D eigenvalue weighted by Gasteiger charge is 2.24. The molecule has 4 heteroatoms. The molecule has 14 heavy (non-hydrogen) atoms. The number of nitrogens with zero attached hydrogens (tertiary/aromatic N) is 2. The van der Waals surface area contributed by atoms with Crippen LogP contribution >= 0.6 is 22.6 Å². The van der Waals surface area contributed by atoms with Gasteiger partial charge in [-0.25, -0.2) is 0 Å². The second-order valence-electron chi connectivity index (χ2n) is 4.33. The predicted molar refractivity (Wildman–Crippen MR) is 71.5 cm³/mol. The van der Waals surface area contributed by atoms with Crippen LogP contribution in [0.2, 0.25) is 0 Å². The lowest BCUT2D eigenvalue weighted by atomic mass is 10.1. The molecule has 0 saturated carbocycles. The zero-order valence-corrected chi connectivity index (χ0v) is 11.8. The molecule has 0 aliphatic carbocycles. The largest absolute Gasteiger partial charge is 0.386 e. The van der Waals surface area contributed by atoms with E-state index < -0.39 is 0 Å². The van der Waals surface area contributed by atoms with Crippen LogP contribution in [-0.4, -0.2) is 20.3 Å². The maximum atomic E-state index is 5.59. The number of nitrogens with two attached hydrogens (primary N) is 1. The Kier molecular flexibility index (Phi) is 4.91. The second kappa shape index (κ2) is 5.00. The van der Waals surface area contributed by atoms with Crippen LogP contribution in [0.15, 0.2) is 17.4 Å². The molecular formula is C10H20IN3. The molecule has 0 heterocycles. The maximum Gasteiger partial charge on any atom is 0.117 e. The Balaban J connectivity index is 4.94. The molecule has 82 valence electrons. The van der Waals surface area contributed by atoms with Gasteiger partial charge in [-0.2, -0.15) is 5.10 Å². The van der Waals surface area contributed by atoms with Gasteiger partial charge in [-0.1, -0.05) is 29.2 Å². The van der Waals surface area contributed by atoms with Crippen molar-refractivity contribution in [2.24, 2.45) is 10.8 Å². The lowest BCUT2D eigenvalue weighted by molar-refractivity contribution is 0.191. The van der Waals surface area contributed by atoms with Crippen LogP contribution in [0, 0.1) is 0 Å². The molecule has 0 radical (unpaired) electrons. The first-order chi connectivity index (χ1) is 6.16. The van der Waals surface area contributed by atoms with Gasteiger partial charge in [0.25, 0.3) is 0 Å². The van der Waals surface area contributed by atoms with Gasteiger partial charge in [0.05, 0.1) is 5.54 Å². The second-order valence-corrected chi connectivity index (χ2v) is 6.20. The lowest BCUT2D eigenvalue weighted by Crippen LogP contribution is -2.39. The Morgan fingerprint density at radius 2 is 1.93 bits per heavy atom. The van der Waals surface area contributed by atoms with Crippen molar-refractivity contribution >= 4 is 28.4 Å². The number of rotatable bonds is 3. The summed E-state index contributed by atoms with van der Waals surface area (Å²) in [6.07, 6.45) is 0. The normalized spacial score (nSPS) is 15.1. The van der Waals surface area contributed by atoms with Crippen LogP contribution in [0.25, 0.3) is 0 Å². The average Bonchev–Trinajstić information content (AvgIpc) is 1.96. The first-order valence-electron chi connectivity index (χ1n) is 4.60. The van der Waals surface area contributed by atoms with E-state index >= 15 is 0 Å². The van der Waals surface area contributed by atoms with Crippen molar-refractivity contribution < 1.29 is 0 Å².